The van der Waals surface area contributed by atoms with Crippen LogP contribution in [0.2, 0.25) is 0 Å². The summed E-state index contributed by atoms with van der Waals surface area (Å²) < 4.78 is 9.90. The maximum absolute atomic E-state index is 11.8. The second kappa shape index (κ2) is 3.77. The zero-order chi connectivity index (χ0) is 13.6. The number of aromatic nitrogens is 3. The van der Waals surface area contributed by atoms with E-state index in [1.54, 1.807) is 6.92 Å². The molecule has 9 heteroatoms. The zero-order valence-electron chi connectivity index (χ0n) is 9.54. The summed E-state index contributed by atoms with van der Waals surface area (Å²) in [4.78, 5) is 28.2. The summed E-state index contributed by atoms with van der Waals surface area (Å²) in [6.07, 6.45) is 0. The molecule has 3 aromatic rings. The Morgan fingerprint density at radius 1 is 1.42 bits per heavy atom. The van der Waals surface area contributed by atoms with Gasteiger partial charge in [0.2, 0.25) is 0 Å². The van der Waals surface area contributed by atoms with Crippen LogP contribution in [0, 0.1) is 17.0 Å². The lowest BCUT2D eigenvalue weighted by Gasteiger charge is -1.91. The Balaban J connectivity index is 2.25. The number of fused-ring (bicyclic) bond motifs is 1. The van der Waals surface area contributed by atoms with Crippen molar-refractivity contribution in [3.05, 3.63) is 38.4 Å². The van der Waals surface area contributed by atoms with Gasteiger partial charge in [-0.25, -0.2) is 0 Å². The molecule has 0 aliphatic carbocycles. The van der Waals surface area contributed by atoms with Crippen LogP contribution >= 0.6 is 0 Å². The standard InChI is InChI=1S/C10H6N4O5/c1-4-11-9(15)7-8(13-19-10(7)12-4)5-2-3-6(18-5)14(16)17/h2-3H,1H3,(H,11,12,15). The second-order valence-electron chi connectivity index (χ2n) is 3.76. The fraction of sp³-hybridized carbons (Fsp3) is 0.100. The molecule has 19 heavy (non-hydrogen) atoms. The minimum Gasteiger partial charge on any atom is -0.399 e. The number of aromatic amines is 1. The van der Waals surface area contributed by atoms with Crippen molar-refractivity contribution in [1.82, 2.24) is 15.1 Å². The topological polar surface area (TPSA) is 128 Å². The fourth-order valence-corrected chi connectivity index (χ4v) is 1.69. The number of hydrogen-bond acceptors (Lipinski definition) is 7. The van der Waals surface area contributed by atoms with Crippen LogP contribution in [-0.4, -0.2) is 20.0 Å². The lowest BCUT2D eigenvalue weighted by atomic mass is 10.2. The number of rotatable bonds is 2. The highest BCUT2D eigenvalue weighted by Gasteiger charge is 2.21. The molecule has 0 fully saturated rings. The van der Waals surface area contributed by atoms with Crippen LogP contribution in [0.25, 0.3) is 22.6 Å². The van der Waals surface area contributed by atoms with E-state index in [1.165, 1.54) is 12.1 Å². The summed E-state index contributed by atoms with van der Waals surface area (Å²) in [7, 11) is 0. The van der Waals surface area contributed by atoms with E-state index in [0.29, 0.717) is 5.82 Å². The van der Waals surface area contributed by atoms with Crippen LogP contribution in [0.4, 0.5) is 5.88 Å². The van der Waals surface area contributed by atoms with Gasteiger partial charge in [0.15, 0.2) is 11.5 Å². The average molecular weight is 262 g/mol. The Morgan fingerprint density at radius 3 is 2.89 bits per heavy atom. The summed E-state index contributed by atoms with van der Waals surface area (Å²) in [5.41, 5.74) is -0.315. The van der Waals surface area contributed by atoms with E-state index in [9.17, 15) is 14.9 Å². The smallest absolute Gasteiger partial charge is 0.399 e. The lowest BCUT2D eigenvalue weighted by Crippen LogP contribution is -2.08. The maximum atomic E-state index is 11.8. The van der Waals surface area contributed by atoms with Gasteiger partial charge in [-0.15, -0.1) is 0 Å². The summed E-state index contributed by atoms with van der Waals surface area (Å²) in [6, 6.07) is 2.51. The Morgan fingerprint density at radius 2 is 2.21 bits per heavy atom. The van der Waals surface area contributed by atoms with Crippen molar-refractivity contribution in [3.63, 3.8) is 0 Å². The Labute approximate surface area is 104 Å². The molecule has 0 aliphatic rings. The highest BCUT2D eigenvalue weighted by Crippen LogP contribution is 2.28. The molecule has 0 aromatic carbocycles. The van der Waals surface area contributed by atoms with Gasteiger partial charge in [-0.2, -0.15) is 4.98 Å². The molecular weight excluding hydrogens is 256 g/mol. The molecule has 0 radical (unpaired) electrons. The summed E-state index contributed by atoms with van der Waals surface area (Å²) in [5.74, 6) is 0.00915. The second-order valence-corrected chi connectivity index (χ2v) is 3.76. The molecule has 0 bridgehead atoms. The van der Waals surface area contributed by atoms with Gasteiger partial charge in [-0.1, -0.05) is 5.16 Å². The van der Waals surface area contributed by atoms with E-state index < -0.39 is 16.4 Å². The van der Waals surface area contributed by atoms with Gasteiger partial charge in [0, 0.05) is 0 Å². The number of hydrogen-bond donors (Lipinski definition) is 1. The third-order valence-corrected chi connectivity index (χ3v) is 2.47. The number of nitrogens with zero attached hydrogens (tertiary/aromatic N) is 3. The van der Waals surface area contributed by atoms with E-state index in [4.69, 9.17) is 8.94 Å². The van der Waals surface area contributed by atoms with Crippen LogP contribution in [0.3, 0.4) is 0 Å². The molecule has 0 unspecified atom stereocenters. The van der Waals surface area contributed by atoms with Gasteiger partial charge >= 0.3 is 5.88 Å². The van der Waals surface area contributed by atoms with Crippen molar-refractivity contribution in [3.8, 4) is 11.5 Å². The van der Waals surface area contributed by atoms with E-state index >= 15 is 0 Å². The normalized spacial score (nSPS) is 11.0. The summed E-state index contributed by atoms with van der Waals surface area (Å²) in [6.45, 7) is 1.60. The maximum Gasteiger partial charge on any atom is 0.433 e. The van der Waals surface area contributed by atoms with Gasteiger partial charge in [-0.3, -0.25) is 14.9 Å². The highest BCUT2D eigenvalue weighted by molar-refractivity contribution is 5.87. The molecule has 0 amide bonds. The van der Waals surface area contributed by atoms with E-state index in [0.717, 1.165) is 0 Å². The van der Waals surface area contributed by atoms with Crippen molar-refractivity contribution in [2.75, 3.05) is 0 Å². The first-order valence-electron chi connectivity index (χ1n) is 5.17. The van der Waals surface area contributed by atoms with Crippen molar-refractivity contribution >= 4 is 17.0 Å². The minimum atomic E-state index is -0.682. The molecule has 0 aliphatic heterocycles. The van der Waals surface area contributed by atoms with Gasteiger partial charge in [0.1, 0.15) is 16.1 Å². The first-order valence-corrected chi connectivity index (χ1v) is 5.17. The van der Waals surface area contributed by atoms with Crippen LogP contribution in [0.5, 0.6) is 0 Å². The first-order chi connectivity index (χ1) is 9.06. The molecule has 0 saturated heterocycles. The van der Waals surface area contributed by atoms with Gasteiger partial charge in [-0.05, 0) is 13.0 Å². The fourth-order valence-electron chi connectivity index (χ4n) is 1.69. The zero-order valence-corrected chi connectivity index (χ0v) is 9.54. The number of nitrogens with one attached hydrogen (secondary N) is 1. The van der Waals surface area contributed by atoms with Crippen LogP contribution in [-0.2, 0) is 0 Å². The Hall–Kier alpha value is -2.97. The summed E-state index contributed by atoms with van der Waals surface area (Å²) >= 11 is 0. The molecule has 3 rings (SSSR count). The summed E-state index contributed by atoms with van der Waals surface area (Å²) in [5, 5.41) is 14.3. The van der Waals surface area contributed by atoms with E-state index in [-0.39, 0.29) is 22.6 Å². The number of aryl methyl sites for hydroxylation is 1. The third-order valence-electron chi connectivity index (χ3n) is 2.47. The predicted octanol–water partition coefficient (Wildman–Crippen LogP) is 1.39. The SMILES string of the molecule is Cc1nc2onc(-c3ccc([N+](=O)[O-])o3)c2c(=O)[nH]1. The molecular formula is C10H6N4O5. The quantitative estimate of drug-likeness (QED) is 0.545. The minimum absolute atomic E-state index is 0.0512. The van der Waals surface area contributed by atoms with Gasteiger partial charge < -0.3 is 13.9 Å². The van der Waals surface area contributed by atoms with Gasteiger partial charge in [0.05, 0.1) is 6.07 Å². The largest absolute Gasteiger partial charge is 0.433 e. The predicted molar refractivity (Wildman–Crippen MR) is 61.5 cm³/mol. The van der Waals surface area contributed by atoms with Crippen LogP contribution in [0.15, 0.2) is 25.9 Å². The van der Waals surface area contributed by atoms with Crippen molar-refractivity contribution in [1.29, 1.82) is 0 Å². The van der Waals surface area contributed by atoms with Crippen molar-refractivity contribution in [2.45, 2.75) is 6.92 Å². The molecule has 3 aromatic heterocycles. The Kier molecular flexibility index (Phi) is 2.21. The molecule has 0 atom stereocenters. The molecule has 96 valence electrons. The van der Waals surface area contributed by atoms with Crippen LogP contribution in [0.1, 0.15) is 5.82 Å². The molecule has 1 N–H and O–H groups in total. The number of nitro groups is 1. The molecule has 0 spiro atoms. The van der Waals surface area contributed by atoms with Crippen molar-refractivity contribution < 1.29 is 13.9 Å². The molecule has 3 heterocycles. The van der Waals surface area contributed by atoms with Crippen LogP contribution < -0.4 is 5.56 Å². The van der Waals surface area contributed by atoms with Gasteiger partial charge in [0.25, 0.3) is 11.3 Å². The Bertz CT molecular complexity index is 843. The lowest BCUT2D eigenvalue weighted by molar-refractivity contribution is -0.401. The number of furan rings is 1. The number of H-pyrrole nitrogens is 1. The molecule has 9 nitrogen and oxygen atoms in total. The van der Waals surface area contributed by atoms with Crippen molar-refractivity contribution in [2.24, 2.45) is 0 Å². The monoisotopic (exact) mass is 262 g/mol. The molecule has 0 saturated carbocycles. The third kappa shape index (κ3) is 1.68. The van der Waals surface area contributed by atoms with E-state index in [1.807, 2.05) is 0 Å². The average Bonchev–Trinajstić information content (AvgIpc) is 2.93. The first kappa shape index (κ1) is 11.1. The highest BCUT2D eigenvalue weighted by atomic mass is 16.6. The van der Waals surface area contributed by atoms with E-state index in [2.05, 4.69) is 15.1 Å².